The normalized spacial score (nSPS) is 10.4. The Morgan fingerprint density at radius 3 is 3.12 bits per heavy atom. The fourth-order valence-electron chi connectivity index (χ4n) is 1.23. The van der Waals surface area contributed by atoms with Crippen LogP contribution in [0.2, 0.25) is 5.15 Å². The molecule has 84 valence electrons. The zero-order valence-electron chi connectivity index (χ0n) is 8.52. The first-order valence-electron chi connectivity index (χ1n) is 4.71. The largest absolute Gasteiger partial charge is 0.436 e. The summed E-state index contributed by atoms with van der Waals surface area (Å²) in [4.78, 5) is 3.98. The number of halogens is 2. The van der Waals surface area contributed by atoms with E-state index >= 15 is 0 Å². The average molecular weight is 303 g/mol. The second-order valence-corrected chi connectivity index (χ2v) is 4.30. The summed E-state index contributed by atoms with van der Waals surface area (Å²) in [6.07, 6.45) is 3.30. The Hall–Kier alpha value is -1.07. The average Bonchev–Trinajstić information content (AvgIpc) is 2.71. The molecule has 0 N–H and O–H groups in total. The lowest BCUT2D eigenvalue weighted by Gasteiger charge is -2.08. The topological polar surface area (TPSA) is 39.9 Å². The Morgan fingerprint density at radius 1 is 1.56 bits per heavy atom. The van der Waals surface area contributed by atoms with Gasteiger partial charge in [0.1, 0.15) is 0 Å². The SMILES string of the molecule is CCn1nccc1Oc1cc(Br)cnc1Cl. The van der Waals surface area contributed by atoms with Gasteiger partial charge in [-0.1, -0.05) is 11.6 Å². The molecule has 4 nitrogen and oxygen atoms in total. The summed E-state index contributed by atoms with van der Waals surface area (Å²) in [7, 11) is 0. The quantitative estimate of drug-likeness (QED) is 0.815. The maximum atomic E-state index is 5.92. The highest BCUT2D eigenvalue weighted by atomic mass is 79.9. The molecule has 0 aliphatic carbocycles. The maximum Gasteiger partial charge on any atom is 0.217 e. The molecule has 2 aromatic heterocycles. The number of hydrogen-bond acceptors (Lipinski definition) is 3. The first-order valence-corrected chi connectivity index (χ1v) is 5.88. The molecule has 0 aliphatic rings. The number of rotatable bonds is 3. The predicted octanol–water partition coefficient (Wildman–Crippen LogP) is 3.51. The predicted molar refractivity (Wildman–Crippen MR) is 64.9 cm³/mol. The molecule has 0 fully saturated rings. The molecule has 0 saturated carbocycles. The van der Waals surface area contributed by atoms with E-state index in [2.05, 4.69) is 26.0 Å². The number of ether oxygens (including phenoxy) is 1. The van der Waals surface area contributed by atoms with Crippen molar-refractivity contribution in [3.05, 3.63) is 34.2 Å². The number of hydrogen-bond donors (Lipinski definition) is 0. The summed E-state index contributed by atoms with van der Waals surface area (Å²) in [5, 5.41) is 4.43. The van der Waals surface area contributed by atoms with Gasteiger partial charge in [0.05, 0.1) is 6.20 Å². The third-order valence-electron chi connectivity index (χ3n) is 1.97. The molecule has 2 heterocycles. The fraction of sp³-hybridized carbons (Fsp3) is 0.200. The summed E-state index contributed by atoms with van der Waals surface area (Å²) in [5.41, 5.74) is 0. The van der Waals surface area contributed by atoms with Gasteiger partial charge in [-0.3, -0.25) is 0 Å². The molecule has 0 aliphatic heterocycles. The minimum absolute atomic E-state index is 0.326. The van der Waals surface area contributed by atoms with Crippen LogP contribution in [0.4, 0.5) is 0 Å². The Kier molecular flexibility index (Phi) is 3.46. The smallest absolute Gasteiger partial charge is 0.217 e. The van der Waals surface area contributed by atoms with E-state index in [1.54, 1.807) is 29.2 Å². The van der Waals surface area contributed by atoms with Crippen LogP contribution >= 0.6 is 27.5 Å². The Balaban J connectivity index is 2.30. The molecule has 0 radical (unpaired) electrons. The summed E-state index contributed by atoms with van der Waals surface area (Å²) in [5.74, 6) is 1.15. The van der Waals surface area contributed by atoms with Crippen LogP contribution < -0.4 is 4.74 Å². The van der Waals surface area contributed by atoms with E-state index in [1.807, 2.05) is 6.92 Å². The summed E-state index contributed by atoms with van der Waals surface area (Å²) < 4.78 is 8.18. The number of pyridine rings is 1. The summed E-state index contributed by atoms with van der Waals surface area (Å²) >= 11 is 9.23. The molecule has 0 spiro atoms. The van der Waals surface area contributed by atoms with E-state index in [4.69, 9.17) is 16.3 Å². The van der Waals surface area contributed by atoms with Crippen LogP contribution in [0.1, 0.15) is 6.92 Å². The molecule has 0 aromatic carbocycles. The van der Waals surface area contributed by atoms with Gasteiger partial charge in [0, 0.05) is 23.3 Å². The molecule has 0 bridgehead atoms. The molecule has 0 saturated heterocycles. The van der Waals surface area contributed by atoms with Gasteiger partial charge in [-0.2, -0.15) is 5.10 Å². The highest BCUT2D eigenvalue weighted by Crippen LogP contribution is 2.29. The second-order valence-electron chi connectivity index (χ2n) is 3.03. The van der Waals surface area contributed by atoms with Crippen LogP contribution in [0.25, 0.3) is 0 Å². The third-order valence-corrected chi connectivity index (χ3v) is 2.68. The van der Waals surface area contributed by atoms with Crippen LogP contribution in [0.15, 0.2) is 29.0 Å². The molecule has 2 aromatic rings. The molecular formula is C10H9BrClN3O. The van der Waals surface area contributed by atoms with Gasteiger partial charge >= 0.3 is 0 Å². The van der Waals surface area contributed by atoms with Gasteiger partial charge in [-0.25, -0.2) is 9.67 Å². The van der Waals surface area contributed by atoms with Crippen molar-refractivity contribution in [2.75, 3.05) is 0 Å². The van der Waals surface area contributed by atoms with Gasteiger partial charge in [0.15, 0.2) is 10.9 Å². The molecule has 0 unspecified atom stereocenters. The minimum Gasteiger partial charge on any atom is -0.436 e. The van der Waals surface area contributed by atoms with Crippen molar-refractivity contribution >= 4 is 27.5 Å². The monoisotopic (exact) mass is 301 g/mol. The number of nitrogens with zero attached hydrogens (tertiary/aromatic N) is 3. The Bertz CT molecular complexity index is 501. The standard InChI is InChI=1S/C10H9BrClN3O/c1-2-15-9(3-4-14-15)16-8-5-7(11)6-13-10(8)12/h3-6H,2H2,1H3. The van der Waals surface area contributed by atoms with Gasteiger partial charge in [-0.15, -0.1) is 0 Å². The van der Waals surface area contributed by atoms with E-state index in [-0.39, 0.29) is 0 Å². The van der Waals surface area contributed by atoms with Crippen LogP contribution in [0.5, 0.6) is 11.6 Å². The van der Waals surface area contributed by atoms with Crippen LogP contribution in [0, 0.1) is 0 Å². The van der Waals surface area contributed by atoms with Crippen molar-refractivity contribution in [3.63, 3.8) is 0 Å². The van der Waals surface area contributed by atoms with E-state index in [0.717, 1.165) is 11.0 Å². The van der Waals surface area contributed by atoms with Crippen LogP contribution in [-0.2, 0) is 6.54 Å². The van der Waals surface area contributed by atoms with Gasteiger partial charge < -0.3 is 4.74 Å². The Labute approximate surface area is 106 Å². The van der Waals surface area contributed by atoms with Crippen molar-refractivity contribution in [1.29, 1.82) is 0 Å². The highest BCUT2D eigenvalue weighted by molar-refractivity contribution is 9.10. The van der Waals surface area contributed by atoms with Gasteiger partial charge in [0.25, 0.3) is 0 Å². The molecular weight excluding hydrogens is 293 g/mol. The van der Waals surface area contributed by atoms with Crippen molar-refractivity contribution in [1.82, 2.24) is 14.8 Å². The van der Waals surface area contributed by atoms with Crippen molar-refractivity contribution in [2.45, 2.75) is 13.5 Å². The van der Waals surface area contributed by atoms with E-state index in [1.165, 1.54) is 0 Å². The first-order chi connectivity index (χ1) is 7.70. The Morgan fingerprint density at radius 2 is 2.38 bits per heavy atom. The van der Waals surface area contributed by atoms with Gasteiger partial charge in [0.2, 0.25) is 5.88 Å². The van der Waals surface area contributed by atoms with Crippen LogP contribution in [-0.4, -0.2) is 14.8 Å². The fourth-order valence-corrected chi connectivity index (χ4v) is 1.69. The lowest BCUT2D eigenvalue weighted by Crippen LogP contribution is -1.99. The van der Waals surface area contributed by atoms with Crippen LogP contribution in [0.3, 0.4) is 0 Å². The number of aromatic nitrogens is 3. The van der Waals surface area contributed by atoms with Gasteiger partial charge in [-0.05, 0) is 28.9 Å². The van der Waals surface area contributed by atoms with Crippen molar-refractivity contribution in [2.24, 2.45) is 0 Å². The summed E-state index contributed by atoms with van der Waals surface area (Å²) in [6.45, 7) is 2.72. The van der Waals surface area contributed by atoms with E-state index in [9.17, 15) is 0 Å². The summed E-state index contributed by atoms with van der Waals surface area (Å²) in [6, 6.07) is 3.54. The van der Waals surface area contributed by atoms with Crippen molar-refractivity contribution < 1.29 is 4.74 Å². The highest BCUT2D eigenvalue weighted by Gasteiger charge is 2.08. The second kappa shape index (κ2) is 4.84. The van der Waals surface area contributed by atoms with E-state index in [0.29, 0.717) is 16.8 Å². The molecule has 16 heavy (non-hydrogen) atoms. The first kappa shape index (κ1) is 11.4. The zero-order chi connectivity index (χ0) is 11.5. The zero-order valence-corrected chi connectivity index (χ0v) is 10.9. The minimum atomic E-state index is 0.326. The molecule has 2 rings (SSSR count). The number of aryl methyl sites for hydroxylation is 1. The maximum absolute atomic E-state index is 5.92. The third kappa shape index (κ3) is 2.36. The molecule has 0 atom stereocenters. The van der Waals surface area contributed by atoms with E-state index < -0.39 is 0 Å². The molecule has 0 amide bonds. The van der Waals surface area contributed by atoms with Crippen molar-refractivity contribution in [3.8, 4) is 11.6 Å². The lowest BCUT2D eigenvalue weighted by molar-refractivity contribution is 0.415. The lowest BCUT2D eigenvalue weighted by atomic mass is 10.4. The molecule has 6 heteroatoms.